The molecular formula is C7H12N2O2. The minimum absolute atomic E-state index is 0.750. The Morgan fingerprint density at radius 2 is 2.09 bits per heavy atom. The summed E-state index contributed by atoms with van der Waals surface area (Å²) in [5, 5.41) is 0. The largest absolute Gasteiger partial charge is 0.391 e. The normalized spacial score (nSPS) is 11.8. The molecule has 1 N–H and O–H groups in total. The van der Waals surface area contributed by atoms with E-state index in [4.69, 9.17) is 0 Å². The Hall–Kier alpha value is -1.45. The van der Waals surface area contributed by atoms with E-state index in [0.717, 1.165) is 6.41 Å². The second-order valence-corrected chi connectivity index (χ2v) is 1.99. The van der Waals surface area contributed by atoms with Gasteiger partial charge in [0.05, 0.1) is 0 Å². The molecule has 0 radical (unpaired) electrons. The minimum atomic E-state index is 0.750. The highest BCUT2D eigenvalue weighted by Gasteiger charge is 1.72. The number of hydrogen-bond donors (Lipinski definition) is 1. The van der Waals surface area contributed by atoms with Crippen molar-refractivity contribution < 1.29 is 9.63 Å². The van der Waals surface area contributed by atoms with Crippen LogP contribution in [0.4, 0.5) is 0 Å². The molecule has 0 aromatic rings. The lowest BCUT2D eigenvalue weighted by molar-refractivity contribution is -0.115. The summed E-state index contributed by atoms with van der Waals surface area (Å²) in [4.78, 5) is 15.4. The van der Waals surface area contributed by atoms with E-state index >= 15 is 0 Å². The molecule has 0 aromatic heterocycles. The van der Waals surface area contributed by atoms with Gasteiger partial charge in [0.25, 0.3) is 0 Å². The maximum Gasteiger partial charge on any atom is 0.209 e. The molecule has 1 aliphatic heterocycles. The van der Waals surface area contributed by atoms with Crippen molar-refractivity contribution in [3.8, 4) is 0 Å². The highest BCUT2D eigenvalue weighted by atomic mass is 16.6. The van der Waals surface area contributed by atoms with Crippen LogP contribution in [-0.4, -0.2) is 25.4 Å². The van der Waals surface area contributed by atoms with Crippen LogP contribution in [-0.2, 0) is 9.63 Å². The van der Waals surface area contributed by atoms with Gasteiger partial charge in [-0.15, -0.1) is 0 Å². The van der Waals surface area contributed by atoms with Crippen LogP contribution in [0.3, 0.4) is 0 Å². The predicted molar refractivity (Wildman–Crippen MR) is 42.3 cm³/mol. The fraction of sp³-hybridized carbons (Fsp3) is 0.286. The third-order valence-corrected chi connectivity index (χ3v) is 0.701. The Morgan fingerprint density at radius 3 is 2.18 bits per heavy atom. The number of rotatable bonds is 1. The van der Waals surface area contributed by atoms with Crippen LogP contribution in [0.2, 0.25) is 0 Å². The van der Waals surface area contributed by atoms with E-state index in [0.29, 0.717) is 0 Å². The van der Waals surface area contributed by atoms with Gasteiger partial charge in [-0.25, -0.2) is 5.48 Å². The van der Waals surface area contributed by atoms with Crippen molar-refractivity contribution in [3.63, 3.8) is 0 Å². The molecule has 0 saturated carbocycles. The number of hydrogen-bond acceptors (Lipinski definition) is 3. The number of hydroxylamine groups is 1. The summed E-state index contributed by atoms with van der Waals surface area (Å²) in [5.74, 6) is 0. The Kier molecular flexibility index (Phi) is 5.79. The van der Waals surface area contributed by atoms with E-state index in [9.17, 15) is 4.79 Å². The molecule has 0 bridgehead atoms. The lowest BCUT2D eigenvalue weighted by Crippen LogP contribution is -2.06. The number of nitrogens with zero attached hydrogens (tertiary/aromatic N) is 1. The van der Waals surface area contributed by atoms with E-state index < -0.39 is 0 Å². The van der Waals surface area contributed by atoms with Crippen molar-refractivity contribution >= 4 is 6.41 Å². The molecule has 1 heterocycles. The van der Waals surface area contributed by atoms with Crippen LogP contribution in [0.1, 0.15) is 0 Å². The minimum Gasteiger partial charge on any atom is -0.391 e. The Labute approximate surface area is 66.1 Å². The van der Waals surface area contributed by atoms with Crippen molar-refractivity contribution in [2.24, 2.45) is 0 Å². The quantitative estimate of drug-likeness (QED) is 0.553. The summed E-state index contributed by atoms with van der Waals surface area (Å²) >= 11 is 0. The second-order valence-electron chi connectivity index (χ2n) is 1.99. The number of carbonyl (C=O) groups excluding carboxylic acids is 1. The fourth-order valence-corrected chi connectivity index (χ4v) is 0.258. The lowest BCUT2D eigenvalue weighted by Gasteiger charge is -1.97. The first-order valence-corrected chi connectivity index (χ1v) is 3.12. The number of amides is 1. The highest BCUT2D eigenvalue weighted by Crippen LogP contribution is 1.80. The van der Waals surface area contributed by atoms with E-state index in [1.165, 1.54) is 4.90 Å². The summed E-state index contributed by atoms with van der Waals surface area (Å²) in [6, 6.07) is 0. The van der Waals surface area contributed by atoms with Crippen LogP contribution >= 0.6 is 0 Å². The maximum atomic E-state index is 9.43. The van der Waals surface area contributed by atoms with Crippen LogP contribution in [0.5, 0.6) is 0 Å². The highest BCUT2D eigenvalue weighted by molar-refractivity contribution is 5.45. The van der Waals surface area contributed by atoms with Gasteiger partial charge < -0.3 is 9.74 Å². The van der Waals surface area contributed by atoms with Crippen molar-refractivity contribution in [2.45, 2.75) is 0 Å². The molecule has 4 nitrogen and oxygen atoms in total. The first kappa shape index (κ1) is 9.55. The number of carbonyl (C=O) groups is 1. The van der Waals surface area contributed by atoms with Gasteiger partial charge in [0.1, 0.15) is 6.26 Å². The molecule has 0 aromatic carbocycles. The molecule has 1 rings (SSSR count). The van der Waals surface area contributed by atoms with E-state index in [1.54, 1.807) is 32.6 Å². The van der Waals surface area contributed by atoms with Crippen LogP contribution in [0.15, 0.2) is 24.6 Å². The van der Waals surface area contributed by atoms with E-state index in [2.05, 4.69) is 10.3 Å². The summed E-state index contributed by atoms with van der Waals surface area (Å²) < 4.78 is 0. The molecule has 4 heteroatoms. The van der Waals surface area contributed by atoms with Crippen LogP contribution in [0.25, 0.3) is 0 Å². The molecule has 62 valence electrons. The number of nitrogens with one attached hydrogen (secondary N) is 1. The molecule has 0 spiro atoms. The van der Waals surface area contributed by atoms with E-state index in [1.807, 2.05) is 6.08 Å². The third kappa shape index (κ3) is 8.55. The molecule has 0 aliphatic carbocycles. The van der Waals surface area contributed by atoms with Crippen LogP contribution < -0.4 is 5.48 Å². The topological polar surface area (TPSA) is 41.6 Å². The van der Waals surface area contributed by atoms with Gasteiger partial charge in [0.2, 0.25) is 6.41 Å². The number of allylic oxidation sites excluding steroid dienone is 2. The fourth-order valence-electron chi connectivity index (χ4n) is 0.258. The standard InChI is InChI=1S/C4H5NO.C3H7NO/c1-2-4-6-5-3-1;1-4(2)3-5/h1-5H;3H,1-2H3. The lowest BCUT2D eigenvalue weighted by atomic mass is 10.6. The molecular weight excluding hydrogens is 144 g/mol. The molecule has 11 heavy (non-hydrogen) atoms. The first-order valence-electron chi connectivity index (χ1n) is 3.12. The Bertz CT molecular complexity index is 141. The SMILES string of the molecule is C1=CNOC=C1.CN(C)C=O. The summed E-state index contributed by atoms with van der Waals surface area (Å²) in [6.45, 7) is 0. The van der Waals surface area contributed by atoms with Crippen molar-refractivity contribution in [1.29, 1.82) is 0 Å². The van der Waals surface area contributed by atoms with Gasteiger partial charge in [-0.2, -0.15) is 0 Å². The summed E-state index contributed by atoms with van der Waals surface area (Å²) in [5.41, 5.74) is 2.52. The Balaban J connectivity index is 0.000000187. The zero-order valence-corrected chi connectivity index (χ0v) is 6.65. The zero-order chi connectivity index (χ0) is 8.53. The molecule has 1 aliphatic rings. The van der Waals surface area contributed by atoms with Crippen molar-refractivity contribution in [3.05, 3.63) is 24.6 Å². The van der Waals surface area contributed by atoms with Gasteiger partial charge >= 0.3 is 0 Å². The smallest absolute Gasteiger partial charge is 0.209 e. The second kappa shape index (κ2) is 6.67. The van der Waals surface area contributed by atoms with Gasteiger partial charge in [0.15, 0.2) is 0 Å². The Morgan fingerprint density at radius 1 is 1.45 bits per heavy atom. The zero-order valence-electron chi connectivity index (χ0n) is 6.65. The monoisotopic (exact) mass is 156 g/mol. The average Bonchev–Trinajstić information content (AvgIpc) is 2.09. The van der Waals surface area contributed by atoms with Crippen molar-refractivity contribution in [2.75, 3.05) is 14.1 Å². The van der Waals surface area contributed by atoms with Gasteiger partial charge in [-0.3, -0.25) is 4.79 Å². The van der Waals surface area contributed by atoms with Gasteiger partial charge in [-0.1, -0.05) is 0 Å². The average molecular weight is 156 g/mol. The van der Waals surface area contributed by atoms with Gasteiger partial charge in [0, 0.05) is 20.3 Å². The maximum absolute atomic E-state index is 9.43. The molecule has 0 unspecified atom stereocenters. The predicted octanol–water partition coefficient (Wildman–Crippen LogP) is 0.253. The first-order chi connectivity index (χ1) is 5.27. The molecule has 1 amide bonds. The summed E-state index contributed by atoms with van der Waals surface area (Å²) in [6.07, 6.45) is 7.68. The molecule has 0 fully saturated rings. The summed E-state index contributed by atoms with van der Waals surface area (Å²) in [7, 11) is 3.38. The molecule has 0 saturated heterocycles. The van der Waals surface area contributed by atoms with Crippen LogP contribution in [0, 0.1) is 0 Å². The van der Waals surface area contributed by atoms with Crippen molar-refractivity contribution in [1.82, 2.24) is 10.4 Å². The molecule has 0 atom stereocenters. The van der Waals surface area contributed by atoms with Gasteiger partial charge in [-0.05, 0) is 12.2 Å². The third-order valence-electron chi connectivity index (χ3n) is 0.701. The van der Waals surface area contributed by atoms with E-state index in [-0.39, 0.29) is 0 Å².